The molecule has 1 N–H and O–H groups in total. The van der Waals surface area contributed by atoms with Crippen molar-refractivity contribution in [1.29, 1.82) is 0 Å². The lowest BCUT2D eigenvalue weighted by molar-refractivity contribution is -0.121. The highest BCUT2D eigenvalue weighted by molar-refractivity contribution is 6.07. The van der Waals surface area contributed by atoms with Gasteiger partial charge in [0.05, 0.1) is 22.7 Å². The van der Waals surface area contributed by atoms with Crippen LogP contribution in [0, 0.1) is 11.6 Å². The first-order chi connectivity index (χ1) is 16.9. The standard InChI is InChI=1S/C26H28F2N6O/c1-17(35)31-26(19-4-3-5-22-24(19)25-23(32(22)2)15-29-16-30-25)34-12-10-33(11-13-34)9-8-18-6-7-20(27)21(28)14-18/h3-7,14-16,26H,8-13H2,1-2H3,(H,31,35). The molecule has 1 amide bonds. The van der Waals surface area contributed by atoms with E-state index in [9.17, 15) is 13.6 Å². The second-order valence-electron chi connectivity index (χ2n) is 9.04. The molecule has 182 valence electrons. The van der Waals surface area contributed by atoms with E-state index in [1.54, 1.807) is 12.4 Å². The van der Waals surface area contributed by atoms with Crippen molar-refractivity contribution in [3.63, 3.8) is 0 Å². The Morgan fingerprint density at radius 2 is 1.89 bits per heavy atom. The second-order valence-corrected chi connectivity index (χ2v) is 9.04. The lowest BCUT2D eigenvalue weighted by Crippen LogP contribution is -2.51. The SMILES string of the molecule is CC(=O)NC(c1cccc2c1c1ncncc1n2C)N1CCN(CCc2ccc(F)c(F)c2)CC1. The van der Waals surface area contributed by atoms with Crippen LogP contribution >= 0.6 is 0 Å². The largest absolute Gasteiger partial charge is 0.341 e. The molecule has 1 atom stereocenters. The third-order valence-electron chi connectivity index (χ3n) is 6.83. The van der Waals surface area contributed by atoms with Gasteiger partial charge in [-0.3, -0.25) is 9.69 Å². The van der Waals surface area contributed by atoms with Gasteiger partial charge in [-0.25, -0.2) is 18.7 Å². The Labute approximate surface area is 202 Å². The molecule has 1 aliphatic heterocycles. The van der Waals surface area contributed by atoms with Crippen LogP contribution in [0.1, 0.15) is 24.2 Å². The lowest BCUT2D eigenvalue weighted by atomic mass is 10.0. The van der Waals surface area contributed by atoms with E-state index in [2.05, 4.69) is 41.8 Å². The minimum Gasteiger partial charge on any atom is -0.341 e. The zero-order chi connectivity index (χ0) is 24.5. The van der Waals surface area contributed by atoms with Crippen molar-refractivity contribution in [1.82, 2.24) is 29.7 Å². The van der Waals surface area contributed by atoms with Crippen molar-refractivity contribution < 1.29 is 13.6 Å². The fraction of sp³-hybridized carbons (Fsp3) is 0.346. The first-order valence-electron chi connectivity index (χ1n) is 11.8. The minimum absolute atomic E-state index is 0.0948. The average Bonchev–Trinajstić information content (AvgIpc) is 3.16. The summed E-state index contributed by atoms with van der Waals surface area (Å²) in [4.78, 5) is 25.5. The Hall–Kier alpha value is -3.43. The number of aromatic nitrogens is 3. The maximum atomic E-state index is 13.5. The minimum atomic E-state index is -0.820. The maximum absolute atomic E-state index is 13.5. The summed E-state index contributed by atoms with van der Waals surface area (Å²) in [6.45, 7) is 5.45. The Balaban J connectivity index is 1.36. The van der Waals surface area contributed by atoms with Crippen molar-refractivity contribution in [3.05, 3.63) is 71.7 Å². The first kappa shape index (κ1) is 23.3. The number of nitrogens with one attached hydrogen (secondary N) is 1. The lowest BCUT2D eigenvalue weighted by Gasteiger charge is -2.39. The molecule has 1 saturated heterocycles. The number of hydrogen-bond donors (Lipinski definition) is 1. The molecule has 0 saturated carbocycles. The molecule has 35 heavy (non-hydrogen) atoms. The molecule has 1 fully saturated rings. The van der Waals surface area contributed by atoms with E-state index in [0.717, 1.165) is 65.8 Å². The van der Waals surface area contributed by atoms with Crippen LogP contribution in [0.2, 0.25) is 0 Å². The van der Waals surface area contributed by atoms with Crippen LogP contribution in [-0.2, 0) is 18.3 Å². The number of rotatable bonds is 6. The van der Waals surface area contributed by atoms with Gasteiger partial charge in [-0.1, -0.05) is 18.2 Å². The number of hydrogen-bond acceptors (Lipinski definition) is 5. The number of halogens is 2. The van der Waals surface area contributed by atoms with E-state index in [-0.39, 0.29) is 12.1 Å². The molecule has 1 aliphatic rings. The van der Waals surface area contributed by atoms with Crippen LogP contribution < -0.4 is 5.32 Å². The number of piperazine rings is 1. The summed E-state index contributed by atoms with van der Waals surface area (Å²) in [5, 5.41) is 4.18. The molecule has 0 aliphatic carbocycles. The van der Waals surface area contributed by atoms with E-state index in [0.29, 0.717) is 6.42 Å². The van der Waals surface area contributed by atoms with Gasteiger partial charge in [-0.2, -0.15) is 0 Å². The third kappa shape index (κ3) is 4.61. The zero-order valence-corrected chi connectivity index (χ0v) is 19.8. The number of carbonyl (C=O) groups excluding carboxylic acids is 1. The molecule has 2 aromatic heterocycles. The Bertz CT molecular complexity index is 1380. The first-order valence-corrected chi connectivity index (χ1v) is 11.8. The highest BCUT2D eigenvalue weighted by Crippen LogP contribution is 2.33. The molecule has 3 heterocycles. The van der Waals surface area contributed by atoms with Crippen molar-refractivity contribution >= 4 is 27.8 Å². The zero-order valence-electron chi connectivity index (χ0n) is 19.8. The van der Waals surface area contributed by atoms with Gasteiger partial charge in [-0.05, 0) is 30.2 Å². The van der Waals surface area contributed by atoms with E-state index < -0.39 is 11.6 Å². The Morgan fingerprint density at radius 1 is 1.09 bits per heavy atom. The molecule has 2 aromatic carbocycles. The van der Waals surface area contributed by atoms with Gasteiger partial charge in [0, 0.05) is 57.6 Å². The summed E-state index contributed by atoms with van der Waals surface area (Å²) in [5.41, 5.74) is 4.65. The van der Waals surface area contributed by atoms with Crippen molar-refractivity contribution in [3.8, 4) is 0 Å². The van der Waals surface area contributed by atoms with Crippen LogP contribution in [0.25, 0.3) is 21.9 Å². The molecule has 5 rings (SSSR count). The highest BCUT2D eigenvalue weighted by Gasteiger charge is 2.28. The van der Waals surface area contributed by atoms with Crippen molar-refractivity contribution in [2.24, 2.45) is 7.05 Å². The molecule has 4 aromatic rings. The predicted octanol–water partition coefficient (Wildman–Crippen LogP) is 3.39. The maximum Gasteiger partial charge on any atom is 0.218 e. The topological polar surface area (TPSA) is 66.3 Å². The molecule has 9 heteroatoms. The number of aryl methyl sites for hydroxylation is 1. The summed E-state index contributed by atoms with van der Waals surface area (Å²) in [7, 11) is 2.00. The fourth-order valence-corrected chi connectivity index (χ4v) is 5.00. The Morgan fingerprint density at radius 3 is 2.63 bits per heavy atom. The summed E-state index contributed by atoms with van der Waals surface area (Å²) >= 11 is 0. The monoisotopic (exact) mass is 478 g/mol. The van der Waals surface area contributed by atoms with Crippen LogP contribution in [0.3, 0.4) is 0 Å². The molecular formula is C26H28F2N6O. The molecule has 0 spiro atoms. The van der Waals surface area contributed by atoms with Gasteiger partial charge in [0.25, 0.3) is 0 Å². The van der Waals surface area contributed by atoms with E-state index >= 15 is 0 Å². The Kier molecular flexibility index (Phi) is 6.44. The molecule has 1 unspecified atom stereocenters. The summed E-state index contributed by atoms with van der Waals surface area (Å²) in [5.74, 6) is -1.72. The average molecular weight is 479 g/mol. The quantitative estimate of drug-likeness (QED) is 0.460. The second kappa shape index (κ2) is 9.67. The number of amides is 1. The van der Waals surface area contributed by atoms with Gasteiger partial charge in [0.2, 0.25) is 5.91 Å². The van der Waals surface area contributed by atoms with Gasteiger partial charge < -0.3 is 14.8 Å². The molecular weight excluding hydrogens is 450 g/mol. The summed E-state index contributed by atoms with van der Waals surface area (Å²) < 4.78 is 28.8. The van der Waals surface area contributed by atoms with Gasteiger partial charge in [-0.15, -0.1) is 0 Å². The molecule has 0 radical (unpaired) electrons. The van der Waals surface area contributed by atoms with Crippen LogP contribution in [0.4, 0.5) is 8.78 Å². The van der Waals surface area contributed by atoms with Gasteiger partial charge >= 0.3 is 0 Å². The van der Waals surface area contributed by atoms with Crippen molar-refractivity contribution in [2.45, 2.75) is 19.5 Å². The predicted molar refractivity (Wildman–Crippen MR) is 131 cm³/mol. The summed E-state index contributed by atoms with van der Waals surface area (Å²) in [6, 6.07) is 10.2. The third-order valence-corrected chi connectivity index (χ3v) is 6.83. The van der Waals surface area contributed by atoms with Crippen LogP contribution in [-0.4, -0.2) is 63.0 Å². The van der Waals surface area contributed by atoms with E-state index in [1.807, 2.05) is 19.3 Å². The number of carbonyl (C=O) groups is 1. The van der Waals surface area contributed by atoms with Crippen molar-refractivity contribution in [2.75, 3.05) is 32.7 Å². The smallest absolute Gasteiger partial charge is 0.218 e. The van der Waals surface area contributed by atoms with E-state index in [4.69, 9.17) is 0 Å². The fourth-order valence-electron chi connectivity index (χ4n) is 5.00. The normalized spacial score (nSPS) is 16.1. The van der Waals surface area contributed by atoms with Gasteiger partial charge in [0.15, 0.2) is 11.6 Å². The number of benzene rings is 2. The van der Waals surface area contributed by atoms with Gasteiger partial charge in [0.1, 0.15) is 12.5 Å². The van der Waals surface area contributed by atoms with Crippen LogP contribution in [0.15, 0.2) is 48.9 Å². The molecule has 0 bridgehead atoms. The van der Waals surface area contributed by atoms with E-state index in [1.165, 1.54) is 19.1 Å². The number of nitrogens with zero attached hydrogens (tertiary/aromatic N) is 5. The number of fused-ring (bicyclic) bond motifs is 3. The molecule has 7 nitrogen and oxygen atoms in total. The van der Waals surface area contributed by atoms with Crippen LogP contribution in [0.5, 0.6) is 0 Å². The highest BCUT2D eigenvalue weighted by atomic mass is 19.2. The summed E-state index contributed by atoms with van der Waals surface area (Å²) in [6.07, 6.45) is 3.73.